The van der Waals surface area contributed by atoms with E-state index in [1.165, 1.54) is 0 Å². The highest BCUT2D eigenvalue weighted by molar-refractivity contribution is 5.55. The SMILES string of the molecule is CCOc1ccc(NCc2ccc(OC)c(OC)c2)cc1OCC. The summed E-state index contributed by atoms with van der Waals surface area (Å²) in [5.41, 5.74) is 2.07. The van der Waals surface area contributed by atoms with Crippen molar-refractivity contribution in [3.63, 3.8) is 0 Å². The Morgan fingerprint density at radius 1 is 0.750 bits per heavy atom. The van der Waals surface area contributed by atoms with Crippen LogP contribution in [-0.4, -0.2) is 27.4 Å². The van der Waals surface area contributed by atoms with Crippen LogP contribution < -0.4 is 24.3 Å². The minimum Gasteiger partial charge on any atom is -0.493 e. The number of hydrogen-bond acceptors (Lipinski definition) is 5. The van der Waals surface area contributed by atoms with E-state index in [1.807, 2.05) is 50.2 Å². The van der Waals surface area contributed by atoms with Crippen LogP contribution in [-0.2, 0) is 6.54 Å². The van der Waals surface area contributed by atoms with Crippen molar-refractivity contribution in [2.24, 2.45) is 0 Å². The normalized spacial score (nSPS) is 10.2. The average Bonchev–Trinajstić information content (AvgIpc) is 2.62. The minimum atomic E-state index is 0.596. The molecule has 0 heterocycles. The Bertz CT molecular complexity index is 658. The first-order valence-electron chi connectivity index (χ1n) is 8.06. The van der Waals surface area contributed by atoms with Gasteiger partial charge in [0.25, 0.3) is 0 Å². The van der Waals surface area contributed by atoms with Crippen LogP contribution in [0.25, 0.3) is 0 Å². The molecule has 130 valence electrons. The van der Waals surface area contributed by atoms with Crippen molar-refractivity contribution in [3.8, 4) is 23.0 Å². The maximum Gasteiger partial charge on any atom is 0.163 e. The van der Waals surface area contributed by atoms with Gasteiger partial charge in [-0.05, 0) is 43.7 Å². The Kier molecular flexibility index (Phi) is 6.61. The molecule has 5 heteroatoms. The number of rotatable bonds is 9. The first-order chi connectivity index (χ1) is 11.7. The molecule has 0 spiro atoms. The summed E-state index contributed by atoms with van der Waals surface area (Å²) in [6.45, 7) is 5.79. The molecule has 2 aromatic rings. The van der Waals surface area contributed by atoms with Crippen LogP contribution in [0.1, 0.15) is 19.4 Å². The molecule has 2 aromatic carbocycles. The largest absolute Gasteiger partial charge is 0.493 e. The summed E-state index contributed by atoms with van der Waals surface area (Å²) < 4.78 is 21.8. The van der Waals surface area contributed by atoms with Crippen LogP contribution in [0.4, 0.5) is 5.69 Å². The fraction of sp³-hybridized carbons (Fsp3) is 0.368. The Morgan fingerprint density at radius 2 is 1.42 bits per heavy atom. The Balaban J connectivity index is 2.09. The van der Waals surface area contributed by atoms with Crippen molar-refractivity contribution in [1.82, 2.24) is 0 Å². The van der Waals surface area contributed by atoms with E-state index in [1.54, 1.807) is 14.2 Å². The molecule has 0 amide bonds. The van der Waals surface area contributed by atoms with Crippen LogP contribution in [0.15, 0.2) is 36.4 Å². The summed E-state index contributed by atoms with van der Waals surface area (Å²) in [5, 5.41) is 3.39. The van der Waals surface area contributed by atoms with Crippen LogP contribution in [0.5, 0.6) is 23.0 Å². The van der Waals surface area contributed by atoms with E-state index in [2.05, 4.69) is 5.32 Å². The number of nitrogens with one attached hydrogen (secondary N) is 1. The van der Waals surface area contributed by atoms with E-state index >= 15 is 0 Å². The molecular formula is C19H25NO4. The lowest BCUT2D eigenvalue weighted by atomic mass is 10.2. The van der Waals surface area contributed by atoms with E-state index < -0.39 is 0 Å². The number of hydrogen-bond donors (Lipinski definition) is 1. The van der Waals surface area contributed by atoms with Gasteiger partial charge in [-0.3, -0.25) is 0 Å². The zero-order chi connectivity index (χ0) is 17.4. The van der Waals surface area contributed by atoms with Gasteiger partial charge in [-0.1, -0.05) is 6.07 Å². The molecule has 0 bridgehead atoms. The second-order valence-electron chi connectivity index (χ2n) is 5.07. The summed E-state index contributed by atoms with van der Waals surface area (Å²) in [7, 11) is 3.26. The van der Waals surface area contributed by atoms with Gasteiger partial charge in [0.2, 0.25) is 0 Å². The van der Waals surface area contributed by atoms with Gasteiger partial charge >= 0.3 is 0 Å². The lowest BCUT2D eigenvalue weighted by molar-refractivity contribution is 0.288. The van der Waals surface area contributed by atoms with Crippen molar-refractivity contribution in [3.05, 3.63) is 42.0 Å². The predicted molar refractivity (Wildman–Crippen MR) is 95.7 cm³/mol. The molecule has 0 atom stereocenters. The molecule has 0 radical (unpaired) electrons. The van der Waals surface area contributed by atoms with Crippen molar-refractivity contribution in [1.29, 1.82) is 0 Å². The lowest BCUT2D eigenvalue weighted by Gasteiger charge is -2.14. The molecule has 0 saturated carbocycles. The Hall–Kier alpha value is -2.56. The number of ether oxygens (including phenoxy) is 4. The fourth-order valence-electron chi connectivity index (χ4n) is 2.36. The zero-order valence-corrected chi connectivity index (χ0v) is 14.7. The highest BCUT2D eigenvalue weighted by Crippen LogP contribution is 2.31. The molecular weight excluding hydrogens is 306 g/mol. The Labute approximate surface area is 143 Å². The second-order valence-corrected chi connectivity index (χ2v) is 5.07. The van der Waals surface area contributed by atoms with Crippen molar-refractivity contribution < 1.29 is 18.9 Å². The second kappa shape index (κ2) is 8.91. The van der Waals surface area contributed by atoms with Crippen LogP contribution in [0.2, 0.25) is 0 Å². The van der Waals surface area contributed by atoms with Crippen molar-refractivity contribution >= 4 is 5.69 Å². The van der Waals surface area contributed by atoms with E-state index in [9.17, 15) is 0 Å². The van der Waals surface area contributed by atoms with Crippen molar-refractivity contribution in [2.75, 3.05) is 32.8 Å². The number of methoxy groups -OCH3 is 2. The summed E-state index contributed by atoms with van der Waals surface area (Å²) in [5.74, 6) is 2.95. The molecule has 24 heavy (non-hydrogen) atoms. The van der Waals surface area contributed by atoms with Crippen molar-refractivity contribution in [2.45, 2.75) is 20.4 Å². The van der Waals surface area contributed by atoms with E-state index in [0.717, 1.165) is 34.2 Å². The molecule has 0 aliphatic heterocycles. The first kappa shape index (κ1) is 17.8. The molecule has 0 unspecified atom stereocenters. The van der Waals surface area contributed by atoms with Gasteiger partial charge in [0.05, 0.1) is 27.4 Å². The minimum absolute atomic E-state index is 0.596. The third kappa shape index (κ3) is 4.47. The average molecular weight is 331 g/mol. The summed E-state index contributed by atoms with van der Waals surface area (Å²) in [4.78, 5) is 0. The standard InChI is InChI=1S/C19H25NO4/c1-5-23-17-10-8-15(12-19(17)24-6-2)20-13-14-7-9-16(21-3)18(11-14)22-4/h7-12,20H,5-6,13H2,1-4H3. The maximum atomic E-state index is 5.65. The van der Waals surface area contributed by atoms with Gasteiger partial charge in [-0.15, -0.1) is 0 Å². The number of anilines is 1. The predicted octanol–water partition coefficient (Wildman–Crippen LogP) is 4.11. The molecule has 0 fully saturated rings. The monoisotopic (exact) mass is 331 g/mol. The third-order valence-corrected chi connectivity index (χ3v) is 3.49. The molecule has 1 N–H and O–H groups in total. The van der Waals surface area contributed by atoms with E-state index in [4.69, 9.17) is 18.9 Å². The fourth-order valence-corrected chi connectivity index (χ4v) is 2.36. The summed E-state index contributed by atoms with van der Waals surface area (Å²) in [6.07, 6.45) is 0. The van der Waals surface area contributed by atoms with Crippen LogP contribution in [0, 0.1) is 0 Å². The third-order valence-electron chi connectivity index (χ3n) is 3.49. The molecule has 5 nitrogen and oxygen atoms in total. The quantitative estimate of drug-likeness (QED) is 0.749. The number of benzene rings is 2. The smallest absolute Gasteiger partial charge is 0.163 e. The molecule has 0 aliphatic rings. The van der Waals surface area contributed by atoms with Gasteiger partial charge in [-0.25, -0.2) is 0 Å². The molecule has 2 rings (SSSR count). The van der Waals surface area contributed by atoms with E-state index in [-0.39, 0.29) is 0 Å². The van der Waals surface area contributed by atoms with Gasteiger partial charge < -0.3 is 24.3 Å². The molecule has 0 aliphatic carbocycles. The zero-order valence-electron chi connectivity index (χ0n) is 14.7. The topological polar surface area (TPSA) is 49.0 Å². The lowest BCUT2D eigenvalue weighted by Crippen LogP contribution is -2.03. The summed E-state index contributed by atoms with van der Waals surface area (Å²) >= 11 is 0. The summed E-state index contributed by atoms with van der Waals surface area (Å²) in [6, 6.07) is 11.7. The van der Waals surface area contributed by atoms with Gasteiger partial charge in [0.15, 0.2) is 23.0 Å². The highest BCUT2D eigenvalue weighted by atomic mass is 16.5. The van der Waals surface area contributed by atoms with Gasteiger partial charge in [0.1, 0.15) is 0 Å². The van der Waals surface area contributed by atoms with Crippen LogP contribution in [0.3, 0.4) is 0 Å². The van der Waals surface area contributed by atoms with Gasteiger partial charge in [-0.2, -0.15) is 0 Å². The Morgan fingerprint density at radius 3 is 2.08 bits per heavy atom. The highest BCUT2D eigenvalue weighted by Gasteiger charge is 2.07. The maximum absolute atomic E-state index is 5.65. The molecule has 0 saturated heterocycles. The van der Waals surface area contributed by atoms with Gasteiger partial charge in [0, 0.05) is 18.3 Å². The van der Waals surface area contributed by atoms with E-state index in [0.29, 0.717) is 19.8 Å². The molecule has 0 aromatic heterocycles. The van der Waals surface area contributed by atoms with Crippen LogP contribution >= 0.6 is 0 Å². The first-order valence-corrected chi connectivity index (χ1v) is 8.06.